The van der Waals surface area contributed by atoms with E-state index in [-0.39, 0.29) is 18.1 Å². The quantitative estimate of drug-likeness (QED) is 0.637. The fourth-order valence-corrected chi connectivity index (χ4v) is 3.97. The van der Waals surface area contributed by atoms with Crippen molar-refractivity contribution in [3.8, 4) is 0 Å². The molecule has 168 valence electrons. The number of nitrogens with one attached hydrogen (secondary N) is 1. The molecule has 7 nitrogen and oxygen atoms in total. The lowest BCUT2D eigenvalue weighted by Crippen LogP contribution is -2.51. The van der Waals surface area contributed by atoms with E-state index in [1.165, 1.54) is 23.1 Å². The summed E-state index contributed by atoms with van der Waals surface area (Å²) in [6.45, 7) is 5.10. The lowest BCUT2D eigenvalue weighted by atomic mass is 10.1. The number of anilines is 1. The molecule has 0 aliphatic rings. The smallest absolute Gasteiger partial charge is 0.244 e. The summed E-state index contributed by atoms with van der Waals surface area (Å²) in [5.74, 6) is -1.74. The summed E-state index contributed by atoms with van der Waals surface area (Å²) in [4.78, 5) is 27.1. The summed E-state index contributed by atoms with van der Waals surface area (Å²) in [7, 11) is -3.96. The first-order chi connectivity index (χ1) is 14.6. The Morgan fingerprint density at radius 3 is 2.29 bits per heavy atom. The van der Waals surface area contributed by atoms with Crippen molar-refractivity contribution in [2.24, 2.45) is 0 Å². The molecule has 0 spiro atoms. The monoisotopic (exact) mass is 449 g/mol. The number of benzene rings is 2. The van der Waals surface area contributed by atoms with Gasteiger partial charge in [0.15, 0.2) is 0 Å². The second-order valence-electron chi connectivity index (χ2n) is 7.24. The average Bonchev–Trinajstić information content (AvgIpc) is 2.71. The van der Waals surface area contributed by atoms with Crippen LogP contribution in [0.3, 0.4) is 0 Å². The molecular formula is C22H28FN3O4S. The third-order valence-electron chi connectivity index (χ3n) is 4.92. The van der Waals surface area contributed by atoms with Crippen LogP contribution in [0.25, 0.3) is 0 Å². The maximum absolute atomic E-state index is 14.3. The molecule has 2 aromatic carbocycles. The molecule has 0 saturated carbocycles. The number of halogens is 1. The zero-order valence-corrected chi connectivity index (χ0v) is 18.9. The van der Waals surface area contributed by atoms with Gasteiger partial charge in [-0.2, -0.15) is 0 Å². The topological polar surface area (TPSA) is 86.8 Å². The van der Waals surface area contributed by atoms with Crippen molar-refractivity contribution in [2.75, 3.05) is 23.7 Å². The molecule has 1 atom stereocenters. The molecule has 0 fully saturated rings. The van der Waals surface area contributed by atoms with Gasteiger partial charge in [-0.05, 0) is 44.0 Å². The van der Waals surface area contributed by atoms with Crippen LogP contribution in [0.15, 0.2) is 48.5 Å². The molecule has 0 bridgehead atoms. The number of hydrogen-bond acceptors (Lipinski definition) is 4. The van der Waals surface area contributed by atoms with Crippen LogP contribution in [0.5, 0.6) is 0 Å². The van der Waals surface area contributed by atoms with Gasteiger partial charge in [-0.3, -0.25) is 13.9 Å². The molecule has 31 heavy (non-hydrogen) atoms. The summed E-state index contributed by atoms with van der Waals surface area (Å²) < 4.78 is 39.8. The number of rotatable bonds is 9. The predicted octanol–water partition coefficient (Wildman–Crippen LogP) is 2.45. The SMILES string of the molecule is CCNC(=O)[C@@H](C)N(Cc1ccccc1C)C(=O)CN(c1ccccc1F)S(C)(=O)=O. The van der Waals surface area contributed by atoms with Crippen LogP contribution in [0.4, 0.5) is 10.1 Å². The fraction of sp³-hybridized carbons (Fsp3) is 0.364. The standard InChI is InChI=1S/C22H28FN3O4S/c1-5-24-22(28)17(3)25(14-18-11-7-6-10-16(18)2)21(27)15-26(31(4,29)30)20-13-9-8-12-19(20)23/h6-13,17H,5,14-15H2,1-4H3,(H,24,28)/t17-/m1/s1. The van der Waals surface area contributed by atoms with Gasteiger partial charge in [0.1, 0.15) is 18.4 Å². The van der Waals surface area contributed by atoms with Crippen molar-refractivity contribution in [1.29, 1.82) is 0 Å². The number of hydrogen-bond donors (Lipinski definition) is 1. The van der Waals surface area contributed by atoms with E-state index in [1.54, 1.807) is 13.8 Å². The van der Waals surface area contributed by atoms with Crippen LogP contribution >= 0.6 is 0 Å². The minimum Gasteiger partial charge on any atom is -0.355 e. The average molecular weight is 450 g/mol. The number of nitrogens with zero attached hydrogens (tertiary/aromatic N) is 2. The highest BCUT2D eigenvalue weighted by Gasteiger charge is 2.30. The van der Waals surface area contributed by atoms with Gasteiger partial charge in [-0.25, -0.2) is 12.8 Å². The summed E-state index contributed by atoms with van der Waals surface area (Å²) in [6.07, 6.45) is 0.908. The Kier molecular flexibility index (Phi) is 8.15. The third-order valence-corrected chi connectivity index (χ3v) is 6.05. The highest BCUT2D eigenvalue weighted by Crippen LogP contribution is 2.22. The number of aryl methyl sites for hydroxylation is 1. The van der Waals surface area contributed by atoms with E-state index in [0.717, 1.165) is 27.8 Å². The largest absolute Gasteiger partial charge is 0.355 e. The molecule has 2 amide bonds. The van der Waals surface area contributed by atoms with Crippen LogP contribution in [0.2, 0.25) is 0 Å². The molecule has 2 aromatic rings. The molecular weight excluding hydrogens is 421 g/mol. The van der Waals surface area contributed by atoms with E-state index in [9.17, 15) is 22.4 Å². The molecule has 9 heteroatoms. The molecule has 0 heterocycles. The van der Waals surface area contributed by atoms with E-state index in [1.807, 2.05) is 31.2 Å². The van der Waals surface area contributed by atoms with Crippen LogP contribution in [0.1, 0.15) is 25.0 Å². The van der Waals surface area contributed by atoms with Crippen molar-refractivity contribution in [1.82, 2.24) is 10.2 Å². The minimum absolute atomic E-state index is 0.110. The van der Waals surface area contributed by atoms with E-state index in [2.05, 4.69) is 5.32 Å². The van der Waals surface area contributed by atoms with Crippen LogP contribution in [-0.4, -0.2) is 50.5 Å². The van der Waals surface area contributed by atoms with Crippen LogP contribution < -0.4 is 9.62 Å². The number of likely N-dealkylation sites (N-methyl/N-ethyl adjacent to an activating group) is 1. The maximum atomic E-state index is 14.3. The second kappa shape index (κ2) is 10.4. The number of amides is 2. The van der Waals surface area contributed by atoms with E-state index in [0.29, 0.717) is 6.54 Å². The zero-order chi connectivity index (χ0) is 23.2. The fourth-order valence-electron chi connectivity index (χ4n) is 3.12. The van der Waals surface area contributed by atoms with Gasteiger partial charge in [-0.15, -0.1) is 0 Å². The number of carbonyl (C=O) groups is 2. The van der Waals surface area contributed by atoms with Crippen molar-refractivity contribution >= 4 is 27.5 Å². The lowest BCUT2D eigenvalue weighted by Gasteiger charge is -2.31. The van der Waals surface area contributed by atoms with E-state index in [4.69, 9.17) is 0 Å². The summed E-state index contributed by atoms with van der Waals surface area (Å²) in [5.41, 5.74) is 1.53. The highest BCUT2D eigenvalue weighted by atomic mass is 32.2. The highest BCUT2D eigenvalue weighted by molar-refractivity contribution is 7.92. The Labute approximate surface area is 182 Å². The Morgan fingerprint density at radius 2 is 1.71 bits per heavy atom. The number of sulfonamides is 1. The first kappa shape index (κ1) is 24.3. The van der Waals surface area contributed by atoms with Crippen molar-refractivity contribution < 1.29 is 22.4 Å². The summed E-state index contributed by atoms with van der Waals surface area (Å²) in [5, 5.41) is 2.68. The molecule has 2 rings (SSSR count). The Balaban J connectivity index is 2.41. The van der Waals surface area contributed by atoms with Crippen LogP contribution in [-0.2, 0) is 26.2 Å². The summed E-state index contributed by atoms with van der Waals surface area (Å²) in [6, 6.07) is 11.9. The van der Waals surface area contributed by atoms with Gasteiger partial charge in [0.25, 0.3) is 0 Å². The van der Waals surface area contributed by atoms with Crippen LogP contribution in [0, 0.1) is 12.7 Å². The number of para-hydroxylation sites is 1. The van der Waals surface area contributed by atoms with Crippen molar-refractivity contribution in [3.63, 3.8) is 0 Å². The van der Waals surface area contributed by atoms with Crippen molar-refractivity contribution in [2.45, 2.75) is 33.4 Å². The summed E-state index contributed by atoms with van der Waals surface area (Å²) >= 11 is 0. The van der Waals surface area contributed by atoms with Gasteiger partial charge in [0.05, 0.1) is 11.9 Å². The molecule has 0 aliphatic heterocycles. The molecule has 0 unspecified atom stereocenters. The molecule has 0 aliphatic carbocycles. The number of carbonyl (C=O) groups excluding carboxylic acids is 2. The first-order valence-corrected chi connectivity index (χ1v) is 11.7. The van der Waals surface area contributed by atoms with Gasteiger partial charge in [0.2, 0.25) is 21.8 Å². The zero-order valence-electron chi connectivity index (χ0n) is 18.1. The van der Waals surface area contributed by atoms with Crippen molar-refractivity contribution in [3.05, 3.63) is 65.5 Å². The van der Waals surface area contributed by atoms with Gasteiger partial charge >= 0.3 is 0 Å². The van der Waals surface area contributed by atoms with E-state index < -0.39 is 34.3 Å². The molecule has 0 radical (unpaired) electrons. The second-order valence-corrected chi connectivity index (χ2v) is 9.15. The lowest BCUT2D eigenvalue weighted by molar-refractivity contribution is -0.139. The Morgan fingerprint density at radius 1 is 1.10 bits per heavy atom. The molecule has 0 saturated heterocycles. The Bertz CT molecular complexity index is 1040. The first-order valence-electron chi connectivity index (χ1n) is 9.90. The normalized spacial score (nSPS) is 12.2. The third kappa shape index (κ3) is 6.27. The molecule has 1 N–H and O–H groups in total. The molecule has 0 aromatic heterocycles. The van der Waals surface area contributed by atoms with Gasteiger partial charge < -0.3 is 10.2 Å². The van der Waals surface area contributed by atoms with Gasteiger partial charge in [-0.1, -0.05) is 36.4 Å². The van der Waals surface area contributed by atoms with Gasteiger partial charge in [0, 0.05) is 13.1 Å². The maximum Gasteiger partial charge on any atom is 0.244 e. The minimum atomic E-state index is -3.96. The Hall–Kier alpha value is -2.94. The predicted molar refractivity (Wildman–Crippen MR) is 118 cm³/mol. The van der Waals surface area contributed by atoms with E-state index >= 15 is 0 Å².